The molecule has 0 aliphatic rings. The lowest BCUT2D eigenvalue weighted by Gasteiger charge is -2.13. The summed E-state index contributed by atoms with van der Waals surface area (Å²) < 4.78 is 0. The Balaban J connectivity index is 2.29. The Morgan fingerprint density at radius 1 is 1.67 bits per heavy atom. The van der Waals surface area contributed by atoms with Gasteiger partial charge in [0.15, 0.2) is 0 Å². The van der Waals surface area contributed by atoms with Gasteiger partial charge < -0.3 is 11.1 Å². The molecular formula is C10H18N4O. The van der Waals surface area contributed by atoms with Crippen LogP contribution in [0.1, 0.15) is 26.0 Å². The average molecular weight is 210 g/mol. The Bertz CT molecular complexity index is 294. The summed E-state index contributed by atoms with van der Waals surface area (Å²) in [7, 11) is 0. The smallest absolute Gasteiger partial charge is 0.237 e. The lowest BCUT2D eigenvalue weighted by molar-refractivity contribution is -0.122. The minimum Gasteiger partial charge on any atom is -0.349 e. The highest BCUT2D eigenvalue weighted by Crippen LogP contribution is 2.02. The van der Waals surface area contributed by atoms with Gasteiger partial charge in [-0.2, -0.15) is 5.10 Å². The second-order valence-corrected chi connectivity index (χ2v) is 4.04. The number of carbonyl (C=O) groups is 1. The van der Waals surface area contributed by atoms with E-state index in [1.165, 1.54) is 0 Å². The highest BCUT2D eigenvalue weighted by Gasteiger charge is 2.14. The molecule has 0 aromatic carbocycles. The lowest BCUT2D eigenvalue weighted by atomic mass is 10.0. The quantitative estimate of drug-likeness (QED) is 0.657. The number of nitrogens with one attached hydrogen (secondary N) is 2. The van der Waals surface area contributed by atoms with Gasteiger partial charge in [0.05, 0.1) is 18.3 Å². The van der Waals surface area contributed by atoms with Gasteiger partial charge in [0.25, 0.3) is 0 Å². The number of rotatable bonds is 5. The van der Waals surface area contributed by atoms with E-state index in [9.17, 15) is 4.79 Å². The van der Waals surface area contributed by atoms with Crippen LogP contribution in [-0.4, -0.2) is 22.1 Å². The van der Waals surface area contributed by atoms with Crippen molar-refractivity contribution in [3.05, 3.63) is 18.0 Å². The van der Waals surface area contributed by atoms with E-state index in [2.05, 4.69) is 15.5 Å². The third-order valence-corrected chi connectivity index (χ3v) is 2.07. The zero-order valence-corrected chi connectivity index (χ0v) is 9.16. The van der Waals surface area contributed by atoms with Crippen molar-refractivity contribution < 1.29 is 4.79 Å². The van der Waals surface area contributed by atoms with E-state index in [0.717, 1.165) is 5.69 Å². The number of aromatic amines is 1. The second kappa shape index (κ2) is 5.50. The first-order valence-electron chi connectivity index (χ1n) is 5.11. The molecule has 84 valence electrons. The zero-order chi connectivity index (χ0) is 11.3. The molecule has 1 unspecified atom stereocenters. The van der Waals surface area contributed by atoms with Crippen LogP contribution >= 0.6 is 0 Å². The normalized spacial score (nSPS) is 12.8. The zero-order valence-electron chi connectivity index (χ0n) is 9.16. The summed E-state index contributed by atoms with van der Waals surface area (Å²) in [6.07, 6.45) is 2.35. The topological polar surface area (TPSA) is 83.8 Å². The Kier molecular flexibility index (Phi) is 4.30. The molecule has 1 atom stereocenters. The summed E-state index contributed by atoms with van der Waals surface area (Å²) in [5.41, 5.74) is 6.59. The molecule has 0 aliphatic heterocycles. The lowest BCUT2D eigenvalue weighted by Crippen LogP contribution is -2.41. The molecule has 1 aromatic rings. The van der Waals surface area contributed by atoms with Gasteiger partial charge in [-0.15, -0.1) is 0 Å². The number of carbonyl (C=O) groups excluding carboxylic acids is 1. The maximum absolute atomic E-state index is 11.5. The number of nitrogens with two attached hydrogens (primary N) is 1. The van der Waals surface area contributed by atoms with E-state index in [1.54, 1.807) is 6.20 Å². The van der Waals surface area contributed by atoms with Crippen molar-refractivity contribution in [2.24, 2.45) is 11.7 Å². The Morgan fingerprint density at radius 3 is 2.93 bits per heavy atom. The molecule has 0 saturated heterocycles. The summed E-state index contributed by atoms with van der Waals surface area (Å²) >= 11 is 0. The highest BCUT2D eigenvalue weighted by atomic mass is 16.2. The molecule has 1 heterocycles. The molecule has 1 amide bonds. The molecule has 15 heavy (non-hydrogen) atoms. The summed E-state index contributed by atoms with van der Waals surface area (Å²) in [5, 5.41) is 9.31. The van der Waals surface area contributed by atoms with Gasteiger partial charge in [-0.3, -0.25) is 9.89 Å². The van der Waals surface area contributed by atoms with Crippen LogP contribution in [-0.2, 0) is 11.3 Å². The van der Waals surface area contributed by atoms with Crippen LogP contribution in [0, 0.1) is 5.92 Å². The fourth-order valence-electron chi connectivity index (χ4n) is 1.31. The number of nitrogens with zero attached hydrogens (tertiary/aromatic N) is 1. The first-order valence-corrected chi connectivity index (χ1v) is 5.11. The van der Waals surface area contributed by atoms with Crippen LogP contribution in [0.2, 0.25) is 0 Å². The second-order valence-electron chi connectivity index (χ2n) is 4.04. The molecular weight excluding hydrogens is 192 g/mol. The molecule has 0 radical (unpaired) electrons. The van der Waals surface area contributed by atoms with Crippen molar-refractivity contribution in [1.82, 2.24) is 15.5 Å². The standard InChI is InChI=1S/C10H18N4O/c1-7(2)5-9(11)10(15)12-6-8-3-4-13-14-8/h3-4,7,9H,5-6,11H2,1-2H3,(H,12,15)(H,13,14). The van der Waals surface area contributed by atoms with E-state index >= 15 is 0 Å². The van der Waals surface area contributed by atoms with E-state index in [0.29, 0.717) is 18.9 Å². The van der Waals surface area contributed by atoms with Gasteiger partial charge in [0.1, 0.15) is 0 Å². The van der Waals surface area contributed by atoms with Crippen LogP contribution in [0.4, 0.5) is 0 Å². The molecule has 0 aliphatic carbocycles. The Morgan fingerprint density at radius 2 is 2.40 bits per heavy atom. The van der Waals surface area contributed by atoms with E-state index in [-0.39, 0.29) is 5.91 Å². The van der Waals surface area contributed by atoms with Crippen LogP contribution < -0.4 is 11.1 Å². The monoisotopic (exact) mass is 210 g/mol. The van der Waals surface area contributed by atoms with Crippen molar-refractivity contribution in [3.63, 3.8) is 0 Å². The molecule has 0 spiro atoms. The van der Waals surface area contributed by atoms with Crippen LogP contribution in [0.3, 0.4) is 0 Å². The Labute approximate surface area is 89.4 Å². The first-order chi connectivity index (χ1) is 7.09. The SMILES string of the molecule is CC(C)CC(N)C(=O)NCc1ccn[nH]1. The van der Waals surface area contributed by atoms with Gasteiger partial charge in [0.2, 0.25) is 5.91 Å². The Hall–Kier alpha value is -1.36. The highest BCUT2D eigenvalue weighted by molar-refractivity contribution is 5.81. The van der Waals surface area contributed by atoms with Gasteiger partial charge in [-0.25, -0.2) is 0 Å². The third kappa shape index (κ3) is 4.12. The van der Waals surface area contributed by atoms with Gasteiger partial charge in [0, 0.05) is 6.20 Å². The predicted molar refractivity (Wildman–Crippen MR) is 57.9 cm³/mol. The van der Waals surface area contributed by atoms with Crippen molar-refractivity contribution in [2.75, 3.05) is 0 Å². The van der Waals surface area contributed by atoms with Gasteiger partial charge in [-0.1, -0.05) is 13.8 Å². The largest absolute Gasteiger partial charge is 0.349 e. The summed E-state index contributed by atoms with van der Waals surface area (Å²) in [6.45, 7) is 4.54. The molecule has 1 rings (SSSR count). The van der Waals surface area contributed by atoms with Crippen molar-refractivity contribution in [2.45, 2.75) is 32.9 Å². The fraction of sp³-hybridized carbons (Fsp3) is 0.600. The molecule has 4 N–H and O–H groups in total. The van der Waals surface area contributed by atoms with E-state index in [1.807, 2.05) is 19.9 Å². The number of hydrogen-bond acceptors (Lipinski definition) is 3. The van der Waals surface area contributed by atoms with Gasteiger partial charge >= 0.3 is 0 Å². The van der Waals surface area contributed by atoms with Crippen LogP contribution in [0.15, 0.2) is 12.3 Å². The third-order valence-electron chi connectivity index (χ3n) is 2.07. The predicted octanol–water partition coefficient (Wildman–Crippen LogP) is 0.399. The first kappa shape index (κ1) is 11.7. The number of aromatic nitrogens is 2. The molecule has 0 fully saturated rings. The maximum Gasteiger partial charge on any atom is 0.237 e. The molecule has 0 bridgehead atoms. The van der Waals surface area contributed by atoms with Gasteiger partial charge in [-0.05, 0) is 18.4 Å². The average Bonchev–Trinajstić information content (AvgIpc) is 2.65. The van der Waals surface area contributed by atoms with Crippen molar-refractivity contribution in [1.29, 1.82) is 0 Å². The number of H-pyrrole nitrogens is 1. The summed E-state index contributed by atoms with van der Waals surface area (Å²) in [4.78, 5) is 11.5. The molecule has 5 heteroatoms. The van der Waals surface area contributed by atoms with Crippen molar-refractivity contribution >= 4 is 5.91 Å². The molecule has 5 nitrogen and oxygen atoms in total. The molecule has 1 aromatic heterocycles. The van der Waals surface area contributed by atoms with Crippen molar-refractivity contribution in [3.8, 4) is 0 Å². The minimum absolute atomic E-state index is 0.113. The fourth-order valence-corrected chi connectivity index (χ4v) is 1.31. The molecule has 0 saturated carbocycles. The summed E-state index contributed by atoms with van der Waals surface area (Å²) in [5.74, 6) is 0.316. The van der Waals surface area contributed by atoms with E-state index in [4.69, 9.17) is 5.73 Å². The number of amides is 1. The maximum atomic E-state index is 11.5. The minimum atomic E-state index is -0.423. The van der Waals surface area contributed by atoms with Crippen LogP contribution in [0.5, 0.6) is 0 Å². The summed E-state index contributed by atoms with van der Waals surface area (Å²) in [6, 6.07) is 1.39. The van der Waals surface area contributed by atoms with E-state index < -0.39 is 6.04 Å². The van der Waals surface area contributed by atoms with Crippen LogP contribution in [0.25, 0.3) is 0 Å². The number of hydrogen-bond donors (Lipinski definition) is 3.